The summed E-state index contributed by atoms with van der Waals surface area (Å²) in [6.07, 6.45) is 0.844. The summed E-state index contributed by atoms with van der Waals surface area (Å²) in [4.78, 5) is 43.2. The van der Waals surface area contributed by atoms with E-state index in [1.807, 2.05) is 24.3 Å². The van der Waals surface area contributed by atoms with Crippen molar-refractivity contribution < 1.29 is 23.9 Å². The van der Waals surface area contributed by atoms with Crippen LogP contribution in [0.25, 0.3) is 0 Å². The number of fused-ring (bicyclic) bond motifs is 1. The number of rotatable bonds is 5. The largest absolute Gasteiger partial charge is 0.462 e. The molecule has 0 bridgehead atoms. The predicted octanol–water partition coefficient (Wildman–Crippen LogP) is 3.88. The molecule has 30 heavy (non-hydrogen) atoms. The number of nitrogens with one attached hydrogen (secondary N) is 1. The van der Waals surface area contributed by atoms with Crippen molar-refractivity contribution in [3.63, 3.8) is 0 Å². The summed E-state index contributed by atoms with van der Waals surface area (Å²) in [5.74, 6) is -1.45. The first-order valence-corrected chi connectivity index (χ1v) is 10.8. The molecule has 1 aliphatic heterocycles. The average Bonchev–Trinajstić information content (AvgIpc) is 2.90. The molecular formula is C22H26N2O5S. The van der Waals surface area contributed by atoms with Gasteiger partial charge in [0.15, 0.2) is 6.61 Å². The normalized spacial score (nSPS) is 15.9. The molecule has 3 rings (SSSR count). The zero-order chi connectivity index (χ0) is 21.8. The first-order chi connectivity index (χ1) is 14.3. The van der Waals surface area contributed by atoms with Crippen LogP contribution in [-0.2, 0) is 14.3 Å². The van der Waals surface area contributed by atoms with Crippen LogP contribution in [0.3, 0.4) is 0 Å². The number of para-hydroxylation sites is 1. The van der Waals surface area contributed by atoms with Gasteiger partial charge in [-0.05, 0) is 44.9 Å². The summed E-state index contributed by atoms with van der Waals surface area (Å²) in [5, 5.41) is 0.386. The van der Waals surface area contributed by atoms with Crippen LogP contribution in [0.5, 0.6) is 0 Å². The average molecular weight is 431 g/mol. The number of aromatic nitrogens is 1. The maximum atomic E-state index is 12.9. The number of thioether (sulfide) groups is 1. The molecule has 7 nitrogen and oxygen atoms in total. The highest BCUT2D eigenvalue weighted by atomic mass is 32.2. The van der Waals surface area contributed by atoms with E-state index < -0.39 is 11.9 Å². The third-order valence-corrected chi connectivity index (χ3v) is 6.23. The molecule has 2 aromatic rings. The van der Waals surface area contributed by atoms with Gasteiger partial charge in [-0.15, -0.1) is 11.8 Å². The number of aromatic amines is 1. The van der Waals surface area contributed by atoms with E-state index in [0.29, 0.717) is 28.6 Å². The molecule has 1 aromatic heterocycles. The summed E-state index contributed by atoms with van der Waals surface area (Å²) >= 11 is 1.74. The van der Waals surface area contributed by atoms with Crippen LogP contribution in [0, 0.1) is 13.8 Å². The second kappa shape index (κ2) is 9.38. The Kier molecular flexibility index (Phi) is 6.87. The van der Waals surface area contributed by atoms with Gasteiger partial charge in [0.25, 0.3) is 5.91 Å². The van der Waals surface area contributed by atoms with Crippen molar-refractivity contribution in [2.24, 2.45) is 0 Å². The molecular weight excluding hydrogens is 404 g/mol. The fourth-order valence-corrected chi connectivity index (χ4v) is 4.60. The number of hydrogen-bond acceptors (Lipinski definition) is 6. The highest BCUT2D eigenvalue weighted by molar-refractivity contribution is 8.00. The first kappa shape index (κ1) is 22.0. The van der Waals surface area contributed by atoms with E-state index in [-0.39, 0.29) is 24.8 Å². The molecule has 0 saturated heterocycles. The number of H-pyrrole nitrogens is 1. The molecule has 1 atom stereocenters. The van der Waals surface area contributed by atoms with Crippen LogP contribution >= 0.6 is 11.8 Å². The van der Waals surface area contributed by atoms with Gasteiger partial charge in [-0.2, -0.15) is 0 Å². The lowest BCUT2D eigenvalue weighted by Gasteiger charge is -2.22. The first-order valence-electron chi connectivity index (χ1n) is 9.92. The Bertz CT molecular complexity index is 968. The Morgan fingerprint density at radius 1 is 1.17 bits per heavy atom. The van der Waals surface area contributed by atoms with Crippen molar-refractivity contribution in [3.8, 4) is 0 Å². The van der Waals surface area contributed by atoms with Crippen LogP contribution in [-0.4, -0.2) is 47.8 Å². The van der Waals surface area contributed by atoms with Gasteiger partial charge in [0.2, 0.25) is 0 Å². The molecule has 1 unspecified atom stereocenters. The third kappa shape index (κ3) is 4.53. The summed E-state index contributed by atoms with van der Waals surface area (Å²) in [6, 6.07) is 7.74. The molecule has 1 aromatic carbocycles. The van der Waals surface area contributed by atoms with Gasteiger partial charge in [-0.1, -0.05) is 19.1 Å². The van der Waals surface area contributed by atoms with Crippen molar-refractivity contribution >= 4 is 35.3 Å². The number of aryl methyl sites for hydroxylation is 1. The zero-order valence-corrected chi connectivity index (χ0v) is 18.4. The zero-order valence-electron chi connectivity index (χ0n) is 17.6. The molecule has 0 fully saturated rings. The minimum absolute atomic E-state index is 0.156. The third-order valence-electron chi connectivity index (χ3n) is 4.99. The van der Waals surface area contributed by atoms with Gasteiger partial charge in [0, 0.05) is 22.4 Å². The maximum absolute atomic E-state index is 12.9. The highest BCUT2D eigenvalue weighted by Gasteiger charge is 2.27. The fourth-order valence-electron chi connectivity index (χ4n) is 3.49. The topological polar surface area (TPSA) is 88.7 Å². The van der Waals surface area contributed by atoms with E-state index in [2.05, 4.69) is 11.9 Å². The molecule has 0 spiro atoms. The minimum Gasteiger partial charge on any atom is -0.462 e. The van der Waals surface area contributed by atoms with Crippen molar-refractivity contribution in [2.45, 2.75) is 44.3 Å². The van der Waals surface area contributed by atoms with Gasteiger partial charge in [0.1, 0.15) is 5.69 Å². The fraction of sp³-hybridized carbons (Fsp3) is 0.409. The van der Waals surface area contributed by atoms with Gasteiger partial charge >= 0.3 is 11.9 Å². The molecule has 1 amide bonds. The van der Waals surface area contributed by atoms with E-state index in [9.17, 15) is 14.4 Å². The molecule has 2 heterocycles. The number of hydrogen-bond donors (Lipinski definition) is 1. The molecule has 8 heteroatoms. The van der Waals surface area contributed by atoms with Crippen LogP contribution in [0.4, 0.5) is 5.69 Å². The van der Waals surface area contributed by atoms with Crippen molar-refractivity contribution in [2.75, 3.05) is 24.7 Å². The van der Waals surface area contributed by atoms with Crippen molar-refractivity contribution in [1.82, 2.24) is 4.98 Å². The molecule has 1 N–H and O–H groups in total. The summed E-state index contributed by atoms with van der Waals surface area (Å²) in [7, 11) is 0. The van der Waals surface area contributed by atoms with Crippen LogP contribution < -0.4 is 4.90 Å². The number of esters is 2. The number of benzene rings is 1. The monoisotopic (exact) mass is 430 g/mol. The lowest BCUT2D eigenvalue weighted by molar-refractivity contribution is -0.121. The summed E-state index contributed by atoms with van der Waals surface area (Å²) in [6.45, 7) is 7.62. The van der Waals surface area contributed by atoms with E-state index in [1.165, 1.54) is 0 Å². The standard InChI is InChI=1S/C22H26N2O5S/c1-5-28-21(26)19-14(3)20(23-15(19)4)22(27)29-12-18(25)24-11-10-13(2)30-17-9-7-6-8-16(17)24/h6-9,13,23H,5,10-12H2,1-4H3. The molecule has 0 aliphatic carbocycles. The van der Waals surface area contributed by atoms with Crippen LogP contribution in [0.2, 0.25) is 0 Å². The number of nitrogens with zero attached hydrogens (tertiary/aromatic N) is 1. The molecule has 160 valence electrons. The second-order valence-corrected chi connectivity index (χ2v) is 8.63. The number of carbonyl (C=O) groups is 3. The van der Waals surface area contributed by atoms with Crippen LogP contribution in [0.1, 0.15) is 52.4 Å². The van der Waals surface area contributed by atoms with E-state index in [4.69, 9.17) is 9.47 Å². The Morgan fingerprint density at radius 2 is 1.90 bits per heavy atom. The smallest absolute Gasteiger partial charge is 0.355 e. The predicted molar refractivity (Wildman–Crippen MR) is 115 cm³/mol. The Morgan fingerprint density at radius 3 is 2.63 bits per heavy atom. The Labute approximate surface area is 180 Å². The summed E-state index contributed by atoms with van der Waals surface area (Å²) < 4.78 is 10.3. The quantitative estimate of drug-likeness (QED) is 0.724. The van der Waals surface area contributed by atoms with E-state index >= 15 is 0 Å². The summed E-state index contributed by atoms with van der Waals surface area (Å²) in [5.41, 5.74) is 2.29. The van der Waals surface area contributed by atoms with E-state index in [0.717, 1.165) is 17.0 Å². The molecule has 0 radical (unpaired) electrons. The van der Waals surface area contributed by atoms with Gasteiger partial charge in [-0.3, -0.25) is 4.79 Å². The maximum Gasteiger partial charge on any atom is 0.355 e. The number of anilines is 1. The number of ether oxygens (including phenoxy) is 2. The Hall–Kier alpha value is -2.74. The second-order valence-electron chi connectivity index (χ2n) is 7.15. The van der Waals surface area contributed by atoms with Crippen molar-refractivity contribution in [3.05, 3.63) is 46.8 Å². The molecule has 0 saturated carbocycles. The lowest BCUT2D eigenvalue weighted by atomic mass is 10.1. The SMILES string of the molecule is CCOC(=O)c1c(C)[nH]c(C(=O)OCC(=O)N2CCC(C)Sc3ccccc32)c1C. The number of carbonyl (C=O) groups excluding carboxylic acids is 3. The highest BCUT2D eigenvalue weighted by Crippen LogP contribution is 2.37. The van der Waals surface area contributed by atoms with Crippen LogP contribution in [0.15, 0.2) is 29.2 Å². The lowest BCUT2D eigenvalue weighted by Crippen LogP contribution is -2.35. The number of amides is 1. The van der Waals surface area contributed by atoms with Gasteiger partial charge < -0.3 is 19.4 Å². The van der Waals surface area contributed by atoms with Gasteiger partial charge in [-0.25, -0.2) is 9.59 Å². The van der Waals surface area contributed by atoms with E-state index in [1.54, 1.807) is 37.4 Å². The Balaban J connectivity index is 1.72. The van der Waals surface area contributed by atoms with Gasteiger partial charge in [0.05, 0.1) is 17.9 Å². The molecule has 1 aliphatic rings. The van der Waals surface area contributed by atoms with Crippen molar-refractivity contribution in [1.29, 1.82) is 0 Å². The minimum atomic E-state index is -0.676.